The van der Waals surface area contributed by atoms with E-state index in [1.165, 1.54) is 36.4 Å². The largest absolute Gasteiger partial charge is 0.416 e. The number of rotatable bonds is 3. The summed E-state index contributed by atoms with van der Waals surface area (Å²) in [6.45, 7) is 0. The summed E-state index contributed by atoms with van der Waals surface area (Å²) in [6, 6.07) is 20.2. The summed E-state index contributed by atoms with van der Waals surface area (Å²) in [4.78, 5) is 0. The molecular formula is C29H21F6NO. The van der Waals surface area contributed by atoms with Gasteiger partial charge in [-0.15, -0.1) is 0 Å². The van der Waals surface area contributed by atoms with Crippen LogP contribution in [0.5, 0.6) is 0 Å². The van der Waals surface area contributed by atoms with Gasteiger partial charge < -0.3 is 5.11 Å². The van der Waals surface area contributed by atoms with Crippen molar-refractivity contribution < 1.29 is 31.4 Å². The van der Waals surface area contributed by atoms with E-state index in [2.05, 4.69) is 6.07 Å². The lowest BCUT2D eigenvalue weighted by atomic mass is 9.65. The van der Waals surface area contributed by atoms with E-state index in [1.54, 1.807) is 30.3 Å². The van der Waals surface area contributed by atoms with Crippen LogP contribution in [0.25, 0.3) is 12.2 Å². The first-order valence-corrected chi connectivity index (χ1v) is 11.3. The Morgan fingerprint density at radius 2 is 1.19 bits per heavy atom. The van der Waals surface area contributed by atoms with Gasteiger partial charge in [-0.05, 0) is 64.9 Å². The average molecular weight is 513 g/mol. The summed E-state index contributed by atoms with van der Waals surface area (Å²) in [7, 11) is 0. The second-order valence-corrected chi connectivity index (χ2v) is 9.00. The highest BCUT2D eigenvalue weighted by atomic mass is 19.4. The van der Waals surface area contributed by atoms with Crippen LogP contribution in [0.4, 0.5) is 26.3 Å². The molecule has 0 aromatic heterocycles. The van der Waals surface area contributed by atoms with Gasteiger partial charge in [0.2, 0.25) is 0 Å². The van der Waals surface area contributed by atoms with E-state index in [4.69, 9.17) is 0 Å². The second-order valence-electron chi connectivity index (χ2n) is 9.00. The van der Waals surface area contributed by atoms with Crippen molar-refractivity contribution in [2.75, 3.05) is 0 Å². The highest BCUT2D eigenvalue weighted by Crippen LogP contribution is 2.45. The van der Waals surface area contributed by atoms with E-state index in [-0.39, 0.29) is 35.1 Å². The molecule has 4 rings (SSSR count). The van der Waals surface area contributed by atoms with Gasteiger partial charge in [0.15, 0.2) is 0 Å². The van der Waals surface area contributed by atoms with Crippen LogP contribution in [-0.4, -0.2) is 11.2 Å². The molecule has 1 aliphatic rings. The number of alkyl halides is 6. The number of aliphatic hydroxyl groups excluding tert-OH is 1. The lowest BCUT2D eigenvalue weighted by Crippen LogP contribution is -2.35. The van der Waals surface area contributed by atoms with Gasteiger partial charge >= 0.3 is 12.4 Å². The molecule has 1 N–H and O–H groups in total. The summed E-state index contributed by atoms with van der Waals surface area (Å²) in [5.41, 5.74) is -1.32. The van der Waals surface area contributed by atoms with Gasteiger partial charge in [0, 0.05) is 0 Å². The monoisotopic (exact) mass is 513 g/mol. The van der Waals surface area contributed by atoms with Crippen LogP contribution in [0, 0.1) is 11.3 Å². The zero-order valence-electron chi connectivity index (χ0n) is 19.3. The van der Waals surface area contributed by atoms with Crippen molar-refractivity contribution in [2.24, 2.45) is 0 Å². The van der Waals surface area contributed by atoms with Crippen molar-refractivity contribution in [2.45, 2.75) is 36.7 Å². The standard InChI is InChI=1S/C29H21F6NO/c30-28(31,32)24-10-4-6-19(14-24)12-21-16-27(18-36,23-8-2-1-3-9-23)17-22(26(21)37)13-20-7-5-11-25(15-20)29(33,34)35/h1-15,26,37H,16-17H2/b21-12+,22-13+. The number of aliphatic hydroxyl groups is 1. The van der Waals surface area contributed by atoms with Crippen molar-refractivity contribution in [1.82, 2.24) is 0 Å². The lowest BCUT2D eigenvalue weighted by molar-refractivity contribution is -0.138. The first-order chi connectivity index (χ1) is 17.4. The smallest absolute Gasteiger partial charge is 0.384 e. The van der Waals surface area contributed by atoms with Crippen molar-refractivity contribution in [1.29, 1.82) is 5.26 Å². The summed E-state index contributed by atoms with van der Waals surface area (Å²) >= 11 is 0. The number of halogens is 6. The zero-order chi connectivity index (χ0) is 26.8. The second kappa shape index (κ2) is 9.91. The molecule has 3 aromatic rings. The highest BCUT2D eigenvalue weighted by molar-refractivity contribution is 5.64. The van der Waals surface area contributed by atoms with E-state index in [0.29, 0.717) is 5.56 Å². The fraction of sp³-hybridized carbons (Fsp3) is 0.207. The van der Waals surface area contributed by atoms with Crippen LogP contribution in [0.2, 0.25) is 0 Å². The number of nitriles is 1. The third-order valence-corrected chi connectivity index (χ3v) is 6.39. The van der Waals surface area contributed by atoms with Gasteiger partial charge in [0.25, 0.3) is 0 Å². The molecule has 8 heteroatoms. The van der Waals surface area contributed by atoms with E-state index in [0.717, 1.165) is 24.3 Å². The molecular weight excluding hydrogens is 492 g/mol. The van der Waals surface area contributed by atoms with Crippen molar-refractivity contribution in [3.63, 3.8) is 0 Å². The summed E-state index contributed by atoms with van der Waals surface area (Å²) in [5.74, 6) is 0. The third kappa shape index (κ3) is 5.78. The normalized spacial score (nSPS) is 22.7. The summed E-state index contributed by atoms with van der Waals surface area (Å²) in [5, 5.41) is 21.5. The Labute approximate surface area is 209 Å². The topological polar surface area (TPSA) is 44.0 Å². The van der Waals surface area contributed by atoms with Crippen molar-refractivity contribution >= 4 is 12.2 Å². The molecule has 0 unspecified atom stereocenters. The quantitative estimate of drug-likeness (QED) is 0.363. The maximum Gasteiger partial charge on any atom is 0.416 e. The van der Waals surface area contributed by atoms with Crippen LogP contribution in [-0.2, 0) is 17.8 Å². The molecule has 0 atom stereocenters. The molecule has 37 heavy (non-hydrogen) atoms. The maximum atomic E-state index is 13.2. The fourth-order valence-electron chi connectivity index (χ4n) is 4.59. The molecule has 2 nitrogen and oxygen atoms in total. The molecule has 0 aliphatic heterocycles. The minimum Gasteiger partial charge on any atom is -0.384 e. The highest BCUT2D eigenvalue weighted by Gasteiger charge is 2.42. The van der Waals surface area contributed by atoms with Crippen LogP contribution in [0.1, 0.15) is 40.7 Å². The van der Waals surface area contributed by atoms with Crippen LogP contribution in [0.3, 0.4) is 0 Å². The number of benzene rings is 3. The van der Waals surface area contributed by atoms with Gasteiger partial charge in [-0.2, -0.15) is 31.6 Å². The zero-order valence-corrected chi connectivity index (χ0v) is 19.3. The lowest BCUT2D eigenvalue weighted by Gasteiger charge is -2.37. The minimum absolute atomic E-state index is 0.0326. The molecule has 0 saturated heterocycles. The predicted molar refractivity (Wildman–Crippen MR) is 128 cm³/mol. The van der Waals surface area contributed by atoms with E-state index in [9.17, 15) is 36.7 Å². The Balaban J connectivity index is 1.85. The predicted octanol–water partition coefficient (Wildman–Crippen LogP) is 7.81. The molecule has 1 fully saturated rings. The molecule has 3 aromatic carbocycles. The van der Waals surface area contributed by atoms with Crippen molar-refractivity contribution in [3.05, 3.63) is 118 Å². The molecule has 0 spiro atoms. The van der Waals surface area contributed by atoms with Crippen LogP contribution < -0.4 is 0 Å². The molecule has 0 radical (unpaired) electrons. The first kappa shape index (κ1) is 26.2. The molecule has 0 heterocycles. The molecule has 0 amide bonds. The van der Waals surface area contributed by atoms with Gasteiger partial charge in [0.1, 0.15) is 0 Å². The Morgan fingerprint density at radius 3 is 1.59 bits per heavy atom. The molecule has 190 valence electrons. The Hall–Kier alpha value is -3.83. The number of hydrogen-bond donors (Lipinski definition) is 1. The SMILES string of the molecule is N#CC1(c2ccccc2)C/C(=C\c2cccc(C(F)(F)F)c2)C(O)/C(=C/c2cccc(C(F)(F)F)c2)C1. The maximum absolute atomic E-state index is 13.2. The fourth-order valence-corrected chi connectivity index (χ4v) is 4.59. The van der Waals surface area contributed by atoms with E-state index in [1.807, 2.05) is 0 Å². The minimum atomic E-state index is -4.56. The molecule has 1 saturated carbocycles. The van der Waals surface area contributed by atoms with Gasteiger partial charge in [-0.25, -0.2) is 0 Å². The number of nitrogens with zero attached hydrogens (tertiary/aromatic N) is 1. The molecule has 0 bridgehead atoms. The Bertz CT molecular complexity index is 1300. The summed E-state index contributed by atoms with van der Waals surface area (Å²) in [6.07, 6.45) is -7.53. The third-order valence-electron chi connectivity index (χ3n) is 6.39. The Morgan fingerprint density at radius 1 is 0.730 bits per heavy atom. The number of hydrogen-bond acceptors (Lipinski definition) is 2. The van der Waals surface area contributed by atoms with E-state index < -0.39 is 35.0 Å². The van der Waals surface area contributed by atoms with Crippen molar-refractivity contribution in [3.8, 4) is 6.07 Å². The Kier molecular flexibility index (Phi) is 7.03. The average Bonchev–Trinajstić information content (AvgIpc) is 2.86. The first-order valence-electron chi connectivity index (χ1n) is 11.3. The molecule has 1 aliphatic carbocycles. The van der Waals surface area contributed by atoms with E-state index >= 15 is 0 Å². The summed E-state index contributed by atoms with van der Waals surface area (Å²) < 4.78 is 79.4. The van der Waals surface area contributed by atoms with Gasteiger partial charge in [-0.1, -0.05) is 66.7 Å². The van der Waals surface area contributed by atoms with Crippen LogP contribution in [0.15, 0.2) is 90.0 Å². The van der Waals surface area contributed by atoms with Crippen LogP contribution >= 0.6 is 0 Å². The van der Waals surface area contributed by atoms with Gasteiger partial charge in [0.05, 0.1) is 28.7 Å². The van der Waals surface area contributed by atoms with Gasteiger partial charge in [-0.3, -0.25) is 0 Å².